The fourth-order valence-electron chi connectivity index (χ4n) is 5.09. The number of carbonyl (C=O) groups is 1. The monoisotopic (exact) mass is 440 g/mol. The van der Waals surface area contributed by atoms with Gasteiger partial charge in [0.1, 0.15) is 11.6 Å². The van der Waals surface area contributed by atoms with Crippen LogP contribution in [0.2, 0.25) is 0 Å². The quantitative estimate of drug-likeness (QED) is 0.670. The van der Waals surface area contributed by atoms with Crippen molar-refractivity contribution in [3.63, 3.8) is 0 Å². The third-order valence-electron chi connectivity index (χ3n) is 7.04. The van der Waals surface area contributed by atoms with Crippen LogP contribution in [0, 0.1) is 6.92 Å². The summed E-state index contributed by atoms with van der Waals surface area (Å²) in [5.41, 5.74) is 1.27. The summed E-state index contributed by atoms with van der Waals surface area (Å²) in [6.07, 6.45) is 9.32. The SMILES string of the molecule is Cc1nccn1[C@@H]1CCCC[C@@H](N(C)C(=O)COc2ccc(CN3CCCC3)cc2)[C@H]1O. The van der Waals surface area contributed by atoms with Crippen LogP contribution in [0.5, 0.6) is 5.75 Å². The van der Waals surface area contributed by atoms with Crippen molar-refractivity contribution < 1.29 is 14.6 Å². The van der Waals surface area contributed by atoms with Gasteiger partial charge < -0.3 is 19.3 Å². The minimum absolute atomic E-state index is 0.0278. The number of hydrogen-bond donors (Lipinski definition) is 1. The number of aromatic nitrogens is 2. The zero-order valence-corrected chi connectivity index (χ0v) is 19.3. The smallest absolute Gasteiger partial charge is 0.260 e. The van der Waals surface area contributed by atoms with Gasteiger partial charge >= 0.3 is 0 Å². The van der Waals surface area contributed by atoms with Crippen molar-refractivity contribution in [3.05, 3.63) is 48.0 Å². The first-order valence-corrected chi connectivity index (χ1v) is 11.9. The standard InChI is InChI=1S/C25H36N4O3/c1-19-26-13-16-29(19)23-8-4-3-7-22(25(23)31)27(2)24(30)18-32-21-11-9-20(10-12-21)17-28-14-5-6-15-28/h9-13,16,22-23,25,31H,3-8,14-15,17-18H2,1-2H3/t22-,23-,25-/m1/s1. The van der Waals surface area contributed by atoms with Gasteiger partial charge in [0, 0.05) is 26.0 Å². The Morgan fingerprint density at radius 3 is 2.56 bits per heavy atom. The first-order valence-electron chi connectivity index (χ1n) is 11.9. The van der Waals surface area contributed by atoms with Gasteiger partial charge in [0.25, 0.3) is 5.91 Å². The highest BCUT2D eigenvalue weighted by atomic mass is 16.5. The van der Waals surface area contributed by atoms with E-state index in [2.05, 4.69) is 22.0 Å². The van der Waals surface area contributed by atoms with Crippen molar-refractivity contribution >= 4 is 5.91 Å². The lowest BCUT2D eigenvalue weighted by molar-refractivity contribution is -0.137. The Hall–Kier alpha value is -2.38. The van der Waals surface area contributed by atoms with Crippen LogP contribution >= 0.6 is 0 Å². The molecule has 174 valence electrons. The molecular weight excluding hydrogens is 404 g/mol. The van der Waals surface area contributed by atoms with Crippen LogP contribution in [0.3, 0.4) is 0 Å². The summed E-state index contributed by atoms with van der Waals surface area (Å²) in [5, 5.41) is 11.2. The molecule has 1 aliphatic carbocycles. The van der Waals surface area contributed by atoms with E-state index in [-0.39, 0.29) is 24.6 Å². The normalized spacial score (nSPS) is 24.3. The Morgan fingerprint density at radius 1 is 1.16 bits per heavy atom. The van der Waals surface area contributed by atoms with Gasteiger partial charge in [0.05, 0.1) is 18.2 Å². The summed E-state index contributed by atoms with van der Waals surface area (Å²) in [5.74, 6) is 1.48. The summed E-state index contributed by atoms with van der Waals surface area (Å²) < 4.78 is 7.83. The maximum Gasteiger partial charge on any atom is 0.260 e. The minimum Gasteiger partial charge on any atom is -0.484 e. The van der Waals surface area contributed by atoms with Gasteiger partial charge in [-0.3, -0.25) is 9.69 Å². The average molecular weight is 441 g/mol. The molecule has 1 amide bonds. The molecule has 1 aliphatic heterocycles. The van der Waals surface area contributed by atoms with E-state index in [9.17, 15) is 9.90 Å². The zero-order valence-electron chi connectivity index (χ0n) is 19.3. The number of likely N-dealkylation sites (N-methyl/N-ethyl adjacent to an activating group) is 1. The molecule has 2 aliphatic rings. The van der Waals surface area contributed by atoms with Gasteiger partial charge in [-0.15, -0.1) is 0 Å². The molecule has 0 spiro atoms. The van der Waals surface area contributed by atoms with Crippen molar-refractivity contribution in [2.75, 3.05) is 26.7 Å². The average Bonchev–Trinajstić information content (AvgIpc) is 3.42. The molecule has 2 fully saturated rings. The highest BCUT2D eigenvalue weighted by Crippen LogP contribution is 2.31. The van der Waals surface area contributed by atoms with E-state index in [1.165, 1.54) is 31.5 Å². The van der Waals surface area contributed by atoms with E-state index in [1.54, 1.807) is 18.1 Å². The van der Waals surface area contributed by atoms with Crippen LogP contribution in [-0.4, -0.2) is 69.3 Å². The third-order valence-corrected chi connectivity index (χ3v) is 7.04. The highest BCUT2D eigenvalue weighted by Gasteiger charge is 2.35. The highest BCUT2D eigenvalue weighted by molar-refractivity contribution is 5.77. The van der Waals surface area contributed by atoms with Crippen molar-refractivity contribution in [2.45, 2.75) is 70.2 Å². The van der Waals surface area contributed by atoms with Gasteiger partial charge in [0.15, 0.2) is 6.61 Å². The van der Waals surface area contributed by atoms with Crippen LogP contribution in [-0.2, 0) is 11.3 Å². The molecule has 32 heavy (non-hydrogen) atoms. The number of hydrogen-bond acceptors (Lipinski definition) is 5. The van der Waals surface area contributed by atoms with E-state index < -0.39 is 6.10 Å². The van der Waals surface area contributed by atoms with Gasteiger partial charge in [-0.25, -0.2) is 4.98 Å². The molecule has 0 bridgehead atoms. The number of imidazole rings is 1. The Labute approximate surface area is 191 Å². The summed E-state index contributed by atoms with van der Waals surface area (Å²) in [6, 6.07) is 7.74. The molecule has 2 heterocycles. The van der Waals surface area contributed by atoms with E-state index in [0.29, 0.717) is 5.75 Å². The maximum atomic E-state index is 12.9. The second-order valence-corrected chi connectivity index (χ2v) is 9.21. The van der Waals surface area contributed by atoms with Crippen molar-refractivity contribution in [1.82, 2.24) is 19.4 Å². The number of carbonyl (C=O) groups excluding carboxylic acids is 1. The van der Waals surface area contributed by atoms with E-state index >= 15 is 0 Å². The first kappa shape index (κ1) is 22.8. The lowest BCUT2D eigenvalue weighted by Crippen LogP contribution is -2.48. The Balaban J connectivity index is 1.32. The largest absolute Gasteiger partial charge is 0.484 e. The number of rotatable bonds is 7. The number of aryl methyl sites for hydroxylation is 1. The Bertz CT molecular complexity index is 876. The molecule has 1 aromatic heterocycles. The number of aliphatic hydroxyl groups is 1. The Kier molecular flexibility index (Phi) is 7.48. The van der Waals surface area contributed by atoms with Gasteiger partial charge in [-0.2, -0.15) is 0 Å². The van der Waals surface area contributed by atoms with Crippen molar-refractivity contribution in [3.8, 4) is 5.75 Å². The summed E-state index contributed by atoms with van der Waals surface area (Å²) in [6.45, 7) is 5.24. The molecule has 0 radical (unpaired) electrons. The third kappa shape index (κ3) is 5.33. The summed E-state index contributed by atoms with van der Waals surface area (Å²) >= 11 is 0. The molecule has 1 saturated carbocycles. The second kappa shape index (κ2) is 10.5. The number of likely N-dealkylation sites (tertiary alicyclic amines) is 1. The maximum absolute atomic E-state index is 12.9. The molecule has 1 saturated heterocycles. The van der Waals surface area contributed by atoms with Gasteiger partial charge in [0.2, 0.25) is 0 Å². The minimum atomic E-state index is -0.635. The Morgan fingerprint density at radius 2 is 1.88 bits per heavy atom. The van der Waals surface area contributed by atoms with E-state index in [1.807, 2.05) is 29.8 Å². The van der Waals surface area contributed by atoms with Crippen LogP contribution in [0.4, 0.5) is 0 Å². The zero-order chi connectivity index (χ0) is 22.5. The second-order valence-electron chi connectivity index (χ2n) is 9.21. The molecule has 1 N–H and O–H groups in total. The predicted octanol–water partition coefficient (Wildman–Crippen LogP) is 3.17. The molecule has 2 aromatic rings. The fourth-order valence-corrected chi connectivity index (χ4v) is 5.09. The lowest BCUT2D eigenvalue weighted by atomic mass is 10.00. The molecule has 1 aromatic carbocycles. The molecule has 3 atom stereocenters. The number of amides is 1. The van der Waals surface area contributed by atoms with Crippen LogP contribution < -0.4 is 4.74 Å². The van der Waals surface area contributed by atoms with Crippen LogP contribution in [0.25, 0.3) is 0 Å². The molecule has 0 unspecified atom stereocenters. The number of benzene rings is 1. The summed E-state index contributed by atoms with van der Waals surface area (Å²) in [7, 11) is 1.78. The topological polar surface area (TPSA) is 70.8 Å². The van der Waals surface area contributed by atoms with E-state index in [0.717, 1.165) is 38.1 Å². The van der Waals surface area contributed by atoms with E-state index in [4.69, 9.17) is 4.74 Å². The lowest BCUT2D eigenvalue weighted by Gasteiger charge is -2.35. The predicted molar refractivity (Wildman–Crippen MR) is 123 cm³/mol. The molecular formula is C25H36N4O3. The van der Waals surface area contributed by atoms with Crippen molar-refractivity contribution in [2.24, 2.45) is 0 Å². The fraction of sp³-hybridized carbons (Fsp3) is 0.600. The number of nitrogens with zero attached hydrogens (tertiary/aromatic N) is 4. The van der Waals surface area contributed by atoms with Crippen molar-refractivity contribution in [1.29, 1.82) is 0 Å². The van der Waals surface area contributed by atoms with Gasteiger partial charge in [-0.05, 0) is 63.4 Å². The molecule has 4 rings (SSSR count). The van der Waals surface area contributed by atoms with Crippen LogP contribution in [0.15, 0.2) is 36.7 Å². The number of ether oxygens (including phenoxy) is 1. The first-order chi connectivity index (χ1) is 15.5. The molecule has 7 nitrogen and oxygen atoms in total. The molecule has 7 heteroatoms. The summed E-state index contributed by atoms with van der Waals surface area (Å²) in [4.78, 5) is 21.3. The van der Waals surface area contributed by atoms with Crippen LogP contribution in [0.1, 0.15) is 56.0 Å². The number of aliphatic hydroxyl groups excluding tert-OH is 1. The van der Waals surface area contributed by atoms with Gasteiger partial charge in [-0.1, -0.05) is 25.0 Å².